The average molecular weight is 1030 g/mol. The zero-order chi connectivity index (χ0) is 46.4. The molecule has 1 unspecified atom stereocenters. The normalized spacial score (nSPS) is 15.3. The summed E-state index contributed by atoms with van der Waals surface area (Å²) in [6.45, 7) is 19.8. The van der Waals surface area contributed by atoms with Gasteiger partial charge in [-0.25, -0.2) is 0 Å². The van der Waals surface area contributed by atoms with Crippen LogP contribution in [0.3, 0.4) is 0 Å². The molecule has 6 N–H and O–H groups in total. The standard InChI is InChI=1S/C26H46NO3P.C16H28N4O8.C2H6.CH3.Cs/c1-7-25(3,4)20-30-21-26(5,6)24(28)27-17-9-8-10-18-31(29)19-11-12-23-15-13-22(2)14-16-23;21-13(22)9-17-1-2-18(10-14(23)24)5-6-20(12-16(27)28)8-7-19(4-3-17)11-15(25)26;1-2;;/h13-16,29H,7-12,17-21H2,1-6H3,(H,27,28);1-12H2,(H,21,22)(H,23,24)(H,25,26)(H,27,28);1-2H3;1H3;/q;;;-1;+1. The van der Waals surface area contributed by atoms with Crippen LogP contribution in [0.5, 0.6) is 0 Å². The Hall–Kier alpha value is -1.19. The van der Waals surface area contributed by atoms with Crippen molar-refractivity contribution in [1.82, 2.24) is 24.9 Å². The number of amides is 1. The summed E-state index contributed by atoms with van der Waals surface area (Å²) >= 11 is 0. The summed E-state index contributed by atoms with van der Waals surface area (Å²) in [5, 5.41) is 39.4. The van der Waals surface area contributed by atoms with Crippen LogP contribution >= 0.6 is 8.15 Å². The van der Waals surface area contributed by atoms with Crippen molar-refractivity contribution in [3.8, 4) is 0 Å². The number of benzene rings is 1. The van der Waals surface area contributed by atoms with Gasteiger partial charge >= 0.3 is 92.8 Å². The molecular weight excluding hydrogens is 950 g/mol. The van der Waals surface area contributed by atoms with Gasteiger partial charge in [-0.2, -0.15) is 0 Å². The summed E-state index contributed by atoms with van der Waals surface area (Å²) in [6.07, 6.45) is 8.00. The maximum absolute atomic E-state index is 12.5. The Morgan fingerprint density at radius 2 is 1.03 bits per heavy atom. The van der Waals surface area contributed by atoms with Crippen LogP contribution in [-0.4, -0.2) is 185 Å². The van der Waals surface area contributed by atoms with Gasteiger partial charge in [-0.1, -0.05) is 70.9 Å². The van der Waals surface area contributed by atoms with Crippen molar-refractivity contribution in [3.05, 3.63) is 42.8 Å². The first-order chi connectivity index (χ1) is 28.7. The van der Waals surface area contributed by atoms with Crippen LogP contribution < -0.4 is 74.2 Å². The minimum absolute atomic E-state index is 0. The number of unbranched alkanes of at least 4 members (excludes halogenated alkanes) is 2. The van der Waals surface area contributed by atoms with Gasteiger partial charge in [0.25, 0.3) is 0 Å². The predicted octanol–water partition coefficient (Wildman–Crippen LogP) is 2.11. The van der Waals surface area contributed by atoms with Crippen molar-refractivity contribution in [2.75, 3.05) is 111 Å². The second kappa shape index (κ2) is 37.9. The van der Waals surface area contributed by atoms with Gasteiger partial charge in [0.05, 0.1) is 44.8 Å². The van der Waals surface area contributed by atoms with E-state index in [-0.39, 0.29) is 114 Å². The van der Waals surface area contributed by atoms with Gasteiger partial charge in [-0.05, 0) is 76.2 Å². The van der Waals surface area contributed by atoms with E-state index in [0.717, 1.165) is 50.8 Å². The van der Waals surface area contributed by atoms with E-state index < -0.39 is 37.4 Å². The number of rotatable bonds is 24. The molecule has 0 saturated carbocycles. The van der Waals surface area contributed by atoms with E-state index in [9.17, 15) is 28.9 Å². The Morgan fingerprint density at radius 3 is 1.40 bits per heavy atom. The molecule has 1 aliphatic rings. The quantitative estimate of drug-likeness (QED) is 0.0497. The van der Waals surface area contributed by atoms with E-state index in [1.165, 1.54) is 11.1 Å². The molecule has 1 amide bonds. The number of carbonyl (C=O) groups is 5. The molecule has 0 radical (unpaired) electrons. The molecule has 1 aromatic carbocycles. The minimum Gasteiger partial charge on any atom is -0.480 e. The molecule has 16 nitrogen and oxygen atoms in total. The van der Waals surface area contributed by atoms with E-state index in [4.69, 9.17) is 25.2 Å². The fourth-order valence-electron chi connectivity index (χ4n) is 6.10. The van der Waals surface area contributed by atoms with Gasteiger partial charge in [0, 0.05) is 67.1 Å². The fourth-order valence-corrected chi connectivity index (χ4v) is 7.43. The Balaban J connectivity index is -0.00000107. The molecule has 2 rings (SSSR count). The number of aliphatic carboxylic acids is 4. The number of carboxylic acids is 4. The molecule has 0 bridgehead atoms. The molecule has 18 heteroatoms. The van der Waals surface area contributed by atoms with Gasteiger partial charge in [-0.15, -0.1) is 0 Å². The first-order valence-corrected chi connectivity index (χ1v) is 23.5. The molecule has 360 valence electrons. The second-order valence-corrected chi connectivity index (χ2v) is 18.8. The van der Waals surface area contributed by atoms with Gasteiger partial charge in [-0.3, -0.25) is 43.6 Å². The molecule has 0 aromatic heterocycles. The monoisotopic (exact) mass is 1030 g/mol. The van der Waals surface area contributed by atoms with Crippen LogP contribution in [0, 0.1) is 25.2 Å². The van der Waals surface area contributed by atoms with Crippen molar-refractivity contribution >= 4 is 37.9 Å². The van der Waals surface area contributed by atoms with Gasteiger partial charge in [0.2, 0.25) is 5.91 Å². The number of hydrogen-bond acceptors (Lipinski definition) is 11. The Bertz CT molecular complexity index is 1300. The molecule has 1 atom stereocenters. The summed E-state index contributed by atoms with van der Waals surface area (Å²) in [5.74, 6) is -4.02. The van der Waals surface area contributed by atoms with E-state index >= 15 is 0 Å². The van der Waals surface area contributed by atoms with Gasteiger partial charge in [0.15, 0.2) is 0 Å². The van der Waals surface area contributed by atoms with Crippen molar-refractivity contribution < 1.29 is 123 Å². The number of ether oxygens (including phenoxy) is 1. The third kappa shape index (κ3) is 35.7. The topological polar surface area (TPSA) is 221 Å². The maximum Gasteiger partial charge on any atom is 1.00 e. The largest absolute Gasteiger partial charge is 1.00 e. The Kier molecular flexibility index (Phi) is 39.7. The molecule has 1 fully saturated rings. The Labute approximate surface area is 439 Å². The predicted molar refractivity (Wildman–Crippen MR) is 248 cm³/mol. The van der Waals surface area contributed by atoms with Crippen LogP contribution in [0.15, 0.2) is 24.3 Å². The van der Waals surface area contributed by atoms with E-state index in [1.54, 1.807) is 19.6 Å². The molecule has 0 aliphatic carbocycles. The van der Waals surface area contributed by atoms with Crippen molar-refractivity contribution in [1.29, 1.82) is 0 Å². The molecular formula is C45H83CsN5O11P. The SMILES string of the molecule is CC.CCC(C)(C)COCC(C)(C)C(=O)NCCCCCP(O)CCCc1ccc(C)cc1.O=C(O)CN1CCN(CC(=O)O)CCN(CC(=O)O)CCN(CC(=O)O)CC1.[CH3-].[Cs+]. The van der Waals surface area contributed by atoms with Crippen LogP contribution in [0.4, 0.5) is 0 Å². The van der Waals surface area contributed by atoms with Crippen LogP contribution in [0.2, 0.25) is 0 Å². The smallest absolute Gasteiger partial charge is 0.480 e. The first-order valence-electron chi connectivity index (χ1n) is 21.8. The number of hydrogen-bond donors (Lipinski definition) is 6. The molecule has 1 heterocycles. The van der Waals surface area contributed by atoms with Crippen molar-refractivity contribution in [2.45, 2.75) is 93.9 Å². The summed E-state index contributed by atoms with van der Waals surface area (Å²) < 4.78 is 5.83. The number of nitrogens with one attached hydrogen (secondary N) is 1. The number of aryl methyl sites for hydroxylation is 2. The molecule has 1 aromatic rings. The van der Waals surface area contributed by atoms with Crippen molar-refractivity contribution in [2.24, 2.45) is 10.8 Å². The third-order valence-electron chi connectivity index (χ3n) is 10.3. The zero-order valence-corrected chi connectivity index (χ0v) is 47.7. The van der Waals surface area contributed by atoms with Gasteiger partial charge in [0.1, 0.15) is 0 Å². The zero-order valence-electron chi connectivity index (χ0n) is 40.5. The van der Waals surface area contributed by atoms with Crippen LogP contribution in [0.1, 0.15) is 91.7 Å². The Morgan fingerprint density at radius 1 is 0.651 bits per heavy atom. The van der Waals surface area contributed by atoms with E-state index in [2.05, 4.69) is 57.3 Å². The number of nitrogens with zero attached hydrogens (tertiary/aromatic N) is 4. The summed E-state index contributed by atoms with van der Waals surface area (Å²) in [7, 11) is -0.857. The maximum atomic E-state index is 12.5. The summed E-state index contributed by atoms with van der Waals surface area (Å²) in [5.41, 5.74) is 2.28. The van der Waals surface area contributed by atoms with Gasteiger partial charge < -0.3 is 42.8 Å². The molecule has 1 aliphatic heterocycles. The fraction of sp³-hybridized carbons (Fsp3) is 0.733. The molecule has 63 heavy (non-hydrogen) atoms. The van der Waals surface area contributed by atoms with E-state index in [0.29, 0.717) is 72.1 Å². The average Bonchev–Trinajstić information content (AvgIpc) is 3.18. The number of carbonyl (C=O) groups excluding carboxylic acids is 1. The number of carboxylic acid groups (broad SMARTS) is 4. The molecule has 0 spiro atoms. The summed E-state index contributed by atoms with van der Waals surface area (Å²) in [6, 6.07) is 8.67. The summed E-state index contributed by atoms with van der Waals surface area (Å²) in [4.78, 5) is 73.6. The first kappa shape index (κ1) is 66.1. The third-order valence-corrected chi connectivity index (χ3v) is 11.9. The van der Waals surface area contributed by atoms with Crippen LogP contribution in [-0.2, 0) is 35.1 Å². The minimum atomic E-state index is -1.02. The van der Waals surface area contributed by atoms with Crippen LogP contribution in [0.25, 0.3) is 0 Å². The van der Waals surface area contributed by atoms with E-state index in [1.807, 2.05) is 27.7 Å². The molecule has 1 saturated heterocycles. The van der Waals surface area contributed by atoms with Crippen molar-refractivity contribution in [3.63, 3.8) is 0 Å². The second-order valence-electron chi connectivity index (χ2n) is 16.9.